The molecule has 7 heteroatoms. The number of carbonyl (C=O) groups is 2. The molecule has 2 aromatic carbocycles. The van der Waals surface area contributed by atoms with Gasteiger partial charge in [0, 0.05) is 6.54 Å². The summed E-state index contributed by atoms with van der Waals surface area (Å²) >= 11 is 0. The summed E-state index contributed by atoms with van der Waals surface area (Å²) in [6.45, 7) is 3.99. The number of likely N-dealkylation sites (tertiary alicyclic amines) is 1. The van der Waals surface area contributed by atoms with E-state index in [9.17, 15) is 4.39 Å². The largest absolute Gasteiger partial charge is 0.489 e. The van der Waals surface area contributed by atoms with Crippen LogP contribution < -0.4 is 4.74 Å². The predicted octanol–water partition coefficient (Wildman–Crippen LogP) is 3.55. The minimum Gasteiger partial charge on any atom is -0.489 e. The van der Waals surface area contributed by atoms with Crippen LogP contribution in [0.1, 0.15) is 30.4 Å². The molecule has 28 heavy (non-hydrogen) atoms. The van der Waals surface area contributed by atoms with Crippen LogP contribution in [0.3, 0.4) is 0 Å². The molecule has 0 aliphatic carbocycles. The van der Waals surface area contributed by atoms with Crippen molar-refractivity contribution in [1.82, 2.24) is 4.90 Å². The highest BCUT2D eigenvalue weighted by Crippen LogP contribution is 2.16. The van der Waals surface area contributed by atoms with Crippen LogP contribution in [0.2, 0.25) is 0 Å². The minimum absolute atomic E-state index is 0.241. The van der Waals surface area contributed by atoms with Gasteiger partial charge in [0.15, 0.2) is 0 Å². The lowest BCUT2D eigenvalue weighted by Gasteiger charge is -2.26. The molecule has 0 unspecified atom stereocenters. The summed E-state index contributed by atoms with van der Waals surface area (Å²) < 4.78 is 18.5. The summed E-state index contributed by atoms with van der Waals surface area (Å²) in [7, 11) is 0. The van der Waals surface area contributed by atoms with E-state index in [1.165, 1.54) is 50.0 Å². The molecule has 6 nitrogen and oxygen atoms in total. The average Bonchev–Trinajstić information content (AvgIpc) is 2.70. The van der Waals surface area contributed by atoms with Gasteiger partial charge in [0.1, 0.15) is 18.2 Å². The lowest BCUT2D eigenvalue weighted by atomic mass is 10.1. The monoisotopic (exact) mass is 389 g/mol. The first-order chi connectivity index (χ1) is 13.4. The number of carboxylic acid groups (broad SMARTS) is 2. The Morgan fingerprint density at radius 3 is 1.93 bits per heavy atom. The lowest BCUT2D eigenvalue weighted by Crippen LogP contribution is -2.29. The fourth-order valence-electron chi connectivity index (χ4n) is 2.81. The molecule has 1 aliphatic heterocycles. The maximum atomic E-state index is 12.8. The molecule has 0 saturated carbocycles. The van der Waals surface area contributed by atoms with Crippen molar-refractivity contribution in [2.75, 3.05) is 13.1 Å². The molecule has 0 radical (unpaired) electrons. The van der Waals surface area contributed by atoms with Crippen LogP contribution in [0, 0.1) is 5.82 Å². The second kappa shape index (κ2) is 11.0. The summed E-state index contributed by atoms with van der Waals surface area (Å²) in [6.07, 6.45) is 4.02. The quantitative estimate of drug-likeness (QED) is 0.761. The molecule has 0 spiro atoms. The Bertz CT molecular complexity index is 743. The van der Waals surface area contributed by atoms with Crippen molar-refractivity contribution in [3.05, 3.63) is 65.5 Å². The Morgan fingerprint density at radius 2 is 1.39 bits per heavy atom. The van der Waals surface area contributed by atoms with Crippen LogP contribution in [-0.2, 0) is 22.7 Å². The van der Waals surface area contributed by atoms with E-state index in [1.54, 1.807) is 12.1 Å². The molecular weight excluding hydrogens is 365 g/mol. The van der Waals surface area contributed by atoms with Crippen molar-refractivity contribution in [3.63, 3.8) is 0 Å². The van der Waals surface area contributed by atoms with Crippen LogP contribution in [0.4, 0.5) is 4.39 Å². The van der Waals surface area contributed by atoms with E-state index in [4.69, 9.17) is 24.5 Å². The average molecular weight is 389 g/mol. The third-order valence-corrected chi connectivity index (χ3v) is 4.28. The first-order valence-electron chi connectivity index (χ1n) is 9.09. The number of hydrogen-bond donors (Lipinski definition) is 2. The molecule has 1 aliphatic rings. The van der Waals surface area contributed by atoms with Gasteiger partial charge in [-0.15, -0.1) is 0 Å². The zero-order valence-electron chi connectivity index (χ0n) is 15.5. The number of hydrogen-bond acceptors (Lipinski definition) is 4. The Hall–Kier alpha value is -2.93. The van der Waals surface area contributed by atoms with Gasteiger partial charge in [0.05, 0.1) is 0 Å². The number of aliphatic carboxylic acids is 2. The molecule has 0 aromatic heterocycles. The SMILES string of the molecule is Fc1ccc(OCc2ccc(CN3CCCCC3)cc2)cc1.O=C(O)C(=O)O. The first-order valence-corrected chi connectivity index (χ1v) is 9.09. The Balaban J connectivity index is 0.000000409. The third-order valence-electron chi connectivity index (χ3n) is 4.28. The van der Waals surface area contributed by atoms with Crippen molar-refractivity contribution < 1.29 is 28.9 Å². The van der Waals surface area contributed by atoms with E-state index in [0.29, 0.717) is 12.4 Å². The molecule has 0 atom stereocenters. The van der Waals surface area contributed by atoms with E-state index in [0.717, 1.165) is 12.1 Å². The topological polar surface area (TPSA) is 87.1 Å². The molecular formula is C21H24FNO5. The number of rotatable bonds is 5. The van der Waals surface area contributed by atoms with Crippen molar-refractivity contribution in [2.24, 2.45) is 0 Å². The van der Waals surface area contributed by atoms with E-state index < -0.39 is 11.9 Å². The fraction of sp³-hybridized carbons (Fsp3) is 0.333. The number of ether oxygens (including phenoxy) is 1. The van der Waals surface area contributed by atoms with Crippen molar-refractivity contribution in [1.29, 1.82) is 0 Å². The Morgan fingerprint density at radius 1 is 0.857 bits per heavy atom. The van der Waals surface area contributed by atoms with E-state index in [1.807, 2.05) is 0 Å². The highest BCUT2D eigenvalue weighted by Gasteiger charge is 2.10. The molecule has 1 fully saturated rings. The molecule has 3 rings (SSSR count). The first kappa shape index (κ1) is 21.4. The Kier molecular flexibility index (Phi) is 8.42. The molecule has 2 aromatic rings. The minimum atomic E-state index is -1.82. The van der Waals surface area contributed by atoms with Gasteiger partial charge in [-0.3, -0.25) is 4.90 Å². The Labute approximate surface area is 163 Å². The van der Waals surface area contributed by atoms with Crippen molar-refractivity contribution in [2.45, 2.75) is 32.4 Å². The number of carboxylic acids is 2. The maximum Gasteiger partial charge on any atom is 0.414 e. The normalized spacial score (nSPS) is 13.9. The number of halogens is 1. The molecule has 150 valence electrons. The van der Waals surface area contributed by atoms with E-state index >= 15 is 0 Å². The van der Waals surface area contributed by atoms with Gasteiger partial charge in [0.2, 0.25) is 0 Å². The standard InChI is InChI=1S/C19H22FNO.C2H2O4/c20-18-8-10-19(11-9-18)22-15-17-6-4-16(5-7-17)14-21-12-2-1-3-13-21;3-1(4)2(5)6/h4-11H,1-3,12-15H2;(H,3,4)(H,5,6). The zero-order valence-corrected chi connectivity index (χ0v) is 15.5. The van der Waals surface area contributed by atoms with Gasteiger partial charge >= 0.3 is 11.9 Å². The van der Waals surface area contributed by atoms with E-state index in [-0.39, 0.29) is 5.82 Å². The van der Waals surface area contributed by atoms with Crippen molar-refractivity contribution >= 4 is 11.9 Å². The lowest BCUT2D eigenvalue weighted by molar-refractivity contribution is -0.159. The summed E-state index contributed by atoms with van der Waals surface area (Å²) in [6, 6.07) is 14.7. The highest BCUT2D eigenvalue weighted by atomic mass is 19.1. The third kappa shape index (κ3) is 7.75. The highest BCUT2D eigenvalue weighted by molar-refractivity contribution is 6.27. The molecule has 1 saturated heterocycles. The second-order valence-electron chi connectivity index (χ2n) is 6.51. The molecule has 1 heterocycles. The second-order valence-corrected chi connectivity index (χ2v) is 6.51. The summed E-state index contributed by atoms with van der Waals surface area (Å²) in [5.41, 5.74) is 2.49. The van der Waals surface area contributed by atoms with Crippen LogP contribution in [0.25, 0.3) is 0 Å². The van der Waals surface area contributed by atoms with Crippen molar-refractivity contribution in [3.8, 4) is 5.75 Å². The smallest absolute Gasteiger partial charge is 0.414 e. The predicted molar refractivity (Wildman–Crippen MR) is 102 cm³/mol. The van der Waals surface area contributed by atoms with Gasteiger partial charge in [0.25, 0.3) is 0 Å². The molecule has 0 bridgehead atoms. The van der Waals surface area contributed by atoms with E-state index in [2.05, 4.69) is 29.2 Å². The summed E-state index contributed by atoms with van der Waals surface area (Å²) in [5.74, 6) is -3.20. The van der Waals surface area contributed by atoms with Crippen LogP contribution >= 0.6 is 0 Å². The van der Waals surface area contributed by atoms with Crippen LogP contribution in [-0.4, -0.2) is 40.1 Å². The number of benzene rings is 2. The van der Waals surface area contributed by atoms with Gasteiger partial charge in [-0.2, -0.15) is 0 Å². The van der Waals surface area contributed by atoms with Crippen LogP contribution in [0.15, 0.2) is 48.5 Å². The van der Waals surface area contributed by atoms with Gasteiger partial charge in [-0.1, -0.05) is 30.7 Å². The number of piperidine rings is 1. The fourth-order valence-corrected chi connectivity index (χ4v) is 2.81. The summed E-state index contributed by atoms with van der Waals surface area (Å²) in [4.78, 5) is 20.7. The van der Waals surface area contributed by atoms with Crippen LogP contribution in [0.5, 0.6) is 5.75 Å². The maximum absolute atomic E-state index is 12.8. The zero-order chi connectivity index (χ0) is 20.4. The molecule has 0 amide bonds. The van der Waals surface area contributed by atoms with Gasteiger partial charge in [-0.05, 0) is 61.3 Å². The number of nitrogens with zero attached hydrogens (tertiary/aromatic N) is 1. The summed E-state index contributed by atoms with van der Waals surface area (Å²) in [5, 5.41) is 14.8. The van der Waals surface area contributed by atoms with Gasteiger partial charge < -0.3 is 14.9 Å². The van der Waals surface area contributed by atoms with Gasteiger partial charge in [-0.25, -0.2) is 14.0 Å². The molecule has 2 N–H and O–H groups in total.